The number of hydrogen-bond donors (Lipinski definition) is 2. The average molecular weight is 460 g/mol. The van der Waals surface area contributed by atoms with Crippen molar-refractivity contribution in [3.05, 3.63) is 10.5 Å². The molecule has 0 amide bonds. The number of fused-ring (bicyclic) bond motifs is 1. The van der Waals surface area contributed by atoms with Crippen molar-refractivity contribution >= 4 is 17.0 Å². The Morgan fingerprint density at radius 1 is 1.00 bits per heavy atom. The molecular formula is C24H41N7O2. The fraction of sp³-hybridized carbons (Fsp3) is 0.792. The molecule has 9 heteroatoms. The van der Waals surface area contributed by atoms with E-state index in [0.29, 0.717) is 24.3 Å². The van der Waals surface area contributed by atoms with Gasteiger partial charge in [0.1, 0.15) is 5.52 Å². The monoisotopic (exact) mass is 459 g/mol. The van der Waals surface area contributed by atoms with Gasteiger partial charge in [-0.2, -0.15) is 9.97 Å². The van der Waals surface area contributed by atoms with Crippen molar-refractivity contribution in [1.82, 2.24) is 29.3 Å². The quantitative estimate of drug-likeness (QED) is 0.470. The summed E-state index contributed by atoms with van der Waals surface area (Å²) in [7, 11) is 0. The Morgan fingerprint density at radius 3 is 2.48 bits per heavy atom. The number of nitrogens with zero attached hydrogens (tertiary/aromatic N) is 5. The third-order valence-corrected chi connectivity index (χ3v) is 7.17. The van der Waals surface area contributed by atoms with E-state index in [4.69, 9.17) is 10.5 Å². The molecule has 0 unspecified atom stereocenters. The summed E-state index contributed by atoms with van der Waals surface area (Å²) in [6, 6.07) is 0.244. The number of nitrogens with one attached hydrogen (secondary N) is 1. The SMILES string of the molecule is CCCCOc1nc(N)c2[nH]c(=O)n(CCCCCN3CCN(CC4CCCC4)CC3)c2n1. The highest BCUT2D eigenvalue weighted by molar-refractivity contribution is 5.81. The highest BCUT2D eigenvalue weighted by Gasteiger charge is 2.22. The minimum Gasteiger partial charge on any atom is -0.463 e. The van der Waals surface area contributed by atoms with Gasteiger partial charge in [-0.3, -0.25) is 4.57 Å². The second-order valence-corrected chi connectivity index (χ2v) is 9.73. The molecule has 0 spiro atoms. The van der Waals surface area contributed by atoms with Crippen LogP contribution < -0.4 is 16.2 Å². The van der Waals surface area contributed by atoms with Gasteiger partial charge in [0, 0.05) is 39.3 Å². The summed E-state index contributed by atoms with van der Waals surface area (Å²) in [6.07, 6.45) is 10.9. The van der Waals surface area contributed by atoms with Crippen LogP contribution in [0.1, 0.15) is 64.7 Å². The molecule has 3 heterocycles. The van der Waals surface area contributed by atoms with Crippen molar-refractivity contribution in [1.29, 1.82) is 0 Å². The molecule has 1 aliphatic carbocycles. The summed E-state index contributed by atoms with van der Waals surface area (Å²) in [5, 5.41) is 0. The number of imidazole rings is 1. The number of aromatic amines is 1. The molecule has 1 saturated carbocycles. The number of piperazine rings is 1. The Bertz CT molecular complexity index is 927. The van der Waals surface area contributed by atoms with Crippen molar-refractivity contribution in [2.24, 2.45) is 5.92 Å². The molecule has 2 aromatic heterocycles. The van der Waals surface area contributed by atoms with Crippen molar-refractivity contribution in [3.63, 3.8) is 0 Å². The van der Waals surface area contributed by atoms with E-state index in [1.54, 1.807) is 4.57 Å². The maximum Gasteiger partial charge on any atom is 0.327 e. The first kappa shape index (κ1) is 24.0. The fourth-order valence-corrected chi connectivity index (χ4v) is 5.15. The zero-order valence-corrected chi connectivity index (χ0v) is 20.2. The van der Waals surface area contributed by atoms with Crippen LogP contribution in [-0.4, -0.2) is 75.2 Å². The molecule has 9 nitrogen and oxygen atoms in total. The maximum atomic E-state index is 12.5. The van der Waals surface area contributed by atoms with Gasteiger partial charge in [-0.05, 0) is 44.6 Å². The second-order valence-electron chi connectivity index (χ2n) is 9.73. The molecule has 33 heavy (non-hydrogen) atoms. The standard InChI is InChI=1S/C24H41N7O2/c1-2-3-17-33-23-27-21(25)20-22(28-23)31(24(32)26-20)12-8-4-7-11-29-13-15-30(16-14-29)18-19-9-5-6-10-19/h19H,2-18H2,1H3,(H,26,32)(H2,25,27,28). The van der Waals surface area contributed by atoms with Gasteiger partial charge in [0.2, 0.25) is 0 Å². The lowest BCUT2D eigenvalue weighted by molar-refractivity contribution is 0.117. The summed E-state index contributed by atoms with van der Waals surface area (Å²) < 4.78 is 7.28. The summed E-state index contributed by atoms with van der Waals surface area (Å²) in [5.74, 6) is 1.21. The first-order valence-electron chi connectivity index (χ1n) is 13.0. The zero-order valence-electron chi connectivity index (χ0n) is 20.2. The van der Waals surface area contributed by atoms with Gasteiger partial charge in [0.05, 0.1) is 6.61 Å². The molecule has 3 N–H and O–H groups in total. The predicted octanol–water partition coefficient (Wildman–Crippen LogP) is 2.86. The molecule has 2 fully saturated rings. The van der Waals surface area contributed by atoms with Crippen molar-refractivity contribution in [2.75, 3.05) is 51.6 Å². The van der Waals surface area contributed by atoms with Crippen LogP contribution in [0, 0.1) is 5.92 Å². The molecule has 184 valence electrons. The van der Waals surface area contributed by atoms with Crippen molar-refractivity contribution in [3.8, 4) is 6.01 Å². The van der Waals surface area contributed by atoms with Crippen LogP contribution in [0.15, 0.2) is 4.79 Å². The van der Waals surface area contributed by atoms with E-state index in [2.05, 4.69) is 31.7 Å². The first-order chi connectivity index (χ1) is 16.1. The Kier molecular flexibility index (Phi) is 8.61. The van der Waals surface area contributed by atoms with Gasteiger partial charge < -0.3 is 25.3 Å². The van der Waals surface area contributed by atoms with Crippen molar-refractivity contribution < 1.29 is 4.74 Å². The number of rotatable bonds is 12. The highest BCUT2D eigenvalue weighted by Crippen LogP contribution is 2.25. The molecule has 0 atom stereocenters. The number of hydrogen-bond acceptors (Lipinski definition) is 7. The lowest BCUT2D eigenvalue weighted by atomic mass is 10.1. The normalized spacial score (nSPS) is 18.5. The Balaban J connectivity index is 1.20. The molecule has 2 aromatic rings. The summed E-state index contributed by atoms with van der Waals surface area (Å²) >= 11 is 0. The third kappa shape index (κ3) is 6.47. The van der Waals surface area contributed by atoms with Crippen LogP contribution in [-0.2, 0) is 6.54 Å². The van der Waals surface area contributed by atoms with E-state index in [1.807, 2.05) is 0 Å². The van der Waals surface area contributed by atoms with Crippen LogP contribution >= 0.6 is 0 Å². The third-order valence-electron chi connectivity index (χ3n) is 7.17. The molecular weight excluding hydrogens is 418 g/mol. The summed E-state index contributed by atoms with van der Waals surface area (Å²) in [6.45, 7) is 10.5. The van der Waals surface area contributed by atoms with Gasteiger partial charge in [-0.1, -0.05) is 32.6 Å². The van der Waals surface area contributed by atoms with Gasteiger partial charge >= 0.3 is 11.7 Å². The fourth-order valence-electron chi connectivity index (χ4n) is 5.15. The van der Waals surface area contributed by atoms with Crippen LogP contribution in [0.25, 0.3) is 11.2 Å². The van der Waals surface area contributed by atoms with Gasteiger partial charge in [0.15, 0.2) is 11.5 Å². The van der Waals surface area contributed by atoms with Gasteiger partial charge in [-0.15, -0.1) is 0 Å². The number of aromatic nitrogens is 4. The molecule has 2 aliphatic rings. The minimum absolute atomic E-state index is 0.185. The topological polar surface area (TPSA) is 105 Å². The maximum absolute atomic E-state index is 12.5. The molecule has 1 aliphatic heterocycles. The molecule has 0 radical (unpaired) electrons. The lowest BCUT2D eigenvalue weighted by Crippen LogP contribution is -2.47. The number of unbranched alkanes of at least 4 members (excludes halogenated alkanes) is 3. The van der Waals surface area contributed by atoms with Gasteiger partial charge in [-0.25, -0.2) is 4.79 Å². The van der Waals surface area contributed by atoms with Gasteiger partial charge in [0.25, 0.3) is 0 Å². The zero-order chi connectivity index (χ0) is 23.0. The van der Waals surface area contributed by atoms with Crippen LogP contribution in [0.5, 0.6) is 6.01 Å². The lowest BCUT2D eigenvalue weighted by Gasteiger charge is -2.36. The van der Waals surface area contributed by atoms with Crippen LogP contribution in [0.4, 0.5) is 5.82 Å². The number of aryl methyl sites for hydroxylation is 1. The van der Waals surface area contributed by atoms with E-state index in [0.717, 1.165) is 44.6 Å². The molecule has 1 saturated heterocycles. The average Bonchev–Trinajstić information content (AvgIpc) is 3.43. The largest absolute Gasteiger partial charge is 0.463 e. The second kappa shape index (κ2) is 11.8. The molecule has 0 aromatic carbocycles. The predicted molar refractivity (Wildman–Crippen MR) is 132 cm³/mol. The van der Waals surface area contributed by atoms with E-state index >= 15 is 0 Å². The number of ether oxygens (including phenoxy) is 1. The Hall–Kier alpha value is -2.13. The van der Waals surface area contributed by atoms with Crippen LogP contribution in [0.3, 0.4) is 0 Å². The Morgan fingerprint density at radius 2 is 1.73 bits per heavy atom. The summed E-state index contributed by atoms with van der Waals surface area (Å²) in [5.41, 5.74) is 6.89. The number of nitrogen functional groups attached to an aromatic ring is 1. The molecule has 0 bridgehead atoms. The smallest absolute Gasteiger partial charge is 0.327 e. The van der Waals surface area contributed by atoms with Crippen LogP contribution in [0.2, 0.25) is 0 Å². The molecule has 4 rings (SSSR count). The van der Waals surface area contributed by atoms with E-state index < -0.39 is 0 Å². The van der Waals surface area contributed by atoms with E-state index in [9.17, 15) is 4.79 Å². The number of anilines is 1. The Labute approximate surface area is 196 Å². The summed E-state index contributed by atoms with van der Waals surface area (Å²) in [4.78, 5) is 29.1. The number of nitrogens with two attached hydrogens (primary N) is 1. The first-order valence-corrected chi connectivity index (χ1v) is 13.0. The minimum atomic E-state index is -0.185. The van der Waals surface area contributed by atoms with E-state index in [-0.39, 0.29) is 17.5 Å². The highest BCUT2D eigenvalue weighted by atomic mass is 16.5. The number of H-pyrrole nitrogens is 1. The van der Waals surface area contributed by atoms with E-state index in [1.165, 1.54) is 58.4 Å². The van der Waals surface area contributed by atoms with Crippen molar-refractivity contribution in [2.45, 2.75) is 71.3 Å².